The standard InChI is InChI=1S/C24H24ClNO8/c1-13(26-12-19(34-24(26)29)15-5-4-6-16(25)11-15)9-14-7-8-17-18(10-14)33-21(23(28)31-3)20(32-17)22(27)30-2/h4-8,10-11,13,19-21H,9,12H2,1-3H3/t13-,19+,20-,21+/m1/s1. The van der Waals surface area contributed by atoms with Crippen molar-refractivity contribution in [3.05, 3.63) is 58.6 Å². The largest absolute Gasteiger partial charge is 0.470 e. The lowest BCUT2D eigenvalue weighted by atomic mass is 10.0. The number of hydrogen-bond acceptors (Lipinski definition) is 8. The molecule has 0 radical (unpaired) electrons. The number of amides is 1. The highest BCUT2D eigenvalue weighted by molar-refractivity contribution is 6.30. The van der Waals surface area contributed by atoms with E-state index in [1.54, 1.807) is 35.2 Å². The van der Waals surface area contributed by atoms with Gasteiger partial charge in [-0.05, 0) is 48.7 Å². The fourth-order valence-corrected chi connectivity index (χ4v) is 4.21. The number of carbonyl (C=O) groups excluding carboxylic acids is 3. The van der Waals surface area contributed by atoms with Gasteiger partial charge in [0.25, 0.3) is 0 Å². The van der Waals surface area contributed by atoms with Crippen molar-refractivity contribution in [2.24, 2.45) is 0 Å². The van der Waals surface area contributed by atoms with Crippen LogP contribution in [0.15, 0.2) is 42.5 Å². The van der Waals surface area contributed by atoms with Gasteiger partial charge in [0.1, 0.15) is 6.10 Å². The normalized spacial score (nSPS) is 22.1. The van der Waals surface area contributed by atoms with Gasteiger partial charge in [0, 0.05) is 11.1 Å². The van der Waals surface area contributed by atoms with Crippen molar-refractivity contribution in [3.63, 3.8) is 0 Å². The van der Waals surface area contributed by atoms with Gasteiger partial charge >= 0.3 is 18.0 Å². The molecular formula is C24H24ClNO8. The molecule has 0 unspecified atom stereocenters. The Labute approximate surface area is 201 Å². The maximum Gasteiger partial charge on any atom is 0.410 e. The topological polar surface area (TPSA) is 101 Å². The number of methoxy groups -OCH3 is 2. The minimum atomic E-state index is -1.30. The van der Waals surface area contributed by atoms with Crippen LogP contribution in [0.5, 0.6) is 11.5 Å². The molecule has 180 valence electrons. The van der Waals surface area contributed by atoms with Crippen LogP contribution >= 0.6 is 11.6 Å². The number of cyclic esters (lactones) is 1. The van der Waals surface area contributed by atoms with Crippen molar-refractivity contribution in [1.29, 1.82) is 0 Å². The van der Waals surface area contributed by atoms with E-state index in [4.69, 9.17) is 35.3 Å². The summed E-state index contributed by atoms with van der Waals surface area (Å²) >= 11 is 6.07. The number of carbonyl (C=O) groups is 3. The van der Waals surface area contributed by atoms with Crippen LogP contribution < -0.4 is 9.47 Å². The van der Waals surface area contributed by atoms with Crippen LogP contribution in [0.4, 0.5) is 4.79 Å². The fraction of sp³-hybridized carbons (Fsp3) is 0.375. The summed E-state index contributed by atoms with van der Waals surface area (Å²) in [5, 5.41) is 0.580. The minimum Gasteiger partial charge on any atom is -0.470 e. The van der Waals surface area contributed by atoms with Gasteiger partial charge in [0.2, 0.25) is 12.2 Å². The number of esters is 2. The molecule has 2 aromatic rings. The Morgan fingerprint density at radius 3 is 2.35 bits per heavy atom. The predicted octanol–water partition coefficient (Wildman–Crippen LogP) is 3.32. The first-order valence-electron chi connectivity index (χ1n) is 10.6. The average molecular weight is 490 g/mol. The second-order valence-corrected chi connectivity index (χ2v) is 8.47. The fourth-order valence-electron chi connectivity index (χ4n) is 4.01. The van der Waals surface area contributed by atoms with E-state index in [0.29, 0.717) is 29.5 Å². The second kappa shape index (κ2) is 9.80. The van der Waals surface area contributed by atoms with Crippen LogP contribution in [-0.4, -0.2) is 61.9 Å². The van der Waals surface area contributed by atoms with E-state index in [1.807, 2.05) is 19.1 Å². The third kappa shape index (κ3) is 4.75. The molecule has 1 fully saturated rings. The number of rotatable bonds is 6. The second-order valence-electron chi connectivity index (χ2n) is 8.04. The van der Waals surface area contributed by atoms with Crippen LogP contribution in [0.3, 0.4) is 0 Å². The van der Waals surface area contributed by atoms with Crippen LogP contribution in [-0.2, 0) is 30.2 Å². The minimum absolute atomic E-state index is 0.182. The zero-order valence-corrected chi connectivity index (χ0v) is 19.6. The molecule has 2 heterocycles. The number of benzene rings is 2. The summed E-state index contributed by atoms with van der Waals surface area (Å²) in [6.07, 6.45) is -2.88. The third-order valence-electron chi connectivity index (χ3n) is 5.78. The van der Waals surface area contributed by atoms with Gasteiger partial charge < -0.3 is 28.6 Å². The van der Waals surface area contributed by atoms with Crippen molar-refractivity contribution in [1.82, 2.24) is 4.90 Å². The maximum absolute atomic E-state index is 12.5. The zero-order valence-electron chi connectivity index (χ0n) is 18.9. The van der Waals surface area contributed by atoms with Gasteiger partial charge in [-0.25, -0.2) is 14.4 Å². The van der Waals surface area contributed by atoms with Crippen molar-refractivity contribution in [3.8, 4) is 11.5 Å². The molecule has 0 bridgehead atoms. The maximum atomic E-state index is 12.5. The first-order valence-corrected chi connectivity index (χ1v) is 11.0. The summed E-state index contributed by atoms with van der Waals surface area (Å²) < 4.78 is 26.4. The molecule has 0 spiro atoms. The lowest BCUT2D eigenvalue weighted by molar-refractivity contribution is -0.168. The summed E-state index contributed by atoms with van der Waals surface area (Å²) in [5.74, 6) is -0.915. The van der Waals surface area contributed by atoms with E-state index in [9.17, 15) is 14.4 Å². The van der Waals surface area contributed by atoms with Gasteiger partial charge in [0.05, 0.1) is 20.8 Å². The molecule has 34 heavy (non-hydrogen) atoms. The molecule has 0 N–H and O–H groups in total. The Morgan fingerprint density at radius 1 is 1.03 bits per heavy atom. The molecule has 0 aliphatic carbocycles. The summed E-state index contributed by atoms with van der Waals surface area (Å²) in [4.78, 5) is 38.4. The molecule has 0 aromatic heterocycles. The van der Waals surface area contributed by atoms with Gasteiger partial charge in [-0.15, -0.1) is 0 Å². The van der Waals surface area contributed by atoms with E-state index >= 15 is 0 Å². The first kappa shape index (κ1) is 23.7. The summed E-state index contributed by atoms with van der Waals surface area (Å²) in [7, 11) is 2.39. The predicted molar refractivity (Wildman–Crippen MR) is 120 cm³/mol. The first-order chi connectivity index (χ1) is 16.3. The highest BCUT2D eigenvalue weighted by Gasteiger charge is 2.44. The van der Waals surface area contributed by atoms with Crippen molar-refractivity contribution < 1.29 is 38.1 Å². The van der Waals surface area contributed by atoms with E-state index in [-0.39, 0.29) is 6.04 Å². The molecular weight excluding hydrogens is 466 g/mol. The van der Waals surface area contributed by atoms with E-state index in [0.717, 1.165) is 11.1 Å². The van der Waals surface area contributed by atoms with E-state index in [1.165, 1.54) is 14.2 Å². The molecule has 4 rings (SSSR count). The highest BCUT2D eigenvalue weighted by atomic mass is 35.5. The monoisotopic (exact) mass is 489 g/mol. The van der Waals surface area contributed by atoms with Gasteiger partial charge in [0.15, 0.2) is 11.5 Å². The summed E-state index contributed by atoms with van der Waals surface area (Å²) in [6.45, 7) is 2.32. The SMILES string of the molecule is COC(=O)[C@H]1Oc2cc(C[C@@H](C)N3C[C@@H](c4cccc(Cl)c4)OC3=O)ccc2O[C@H]1C(=O)OC. The van der Waals surface area contributed by atoms with Gasteiger partial charge in [-0.1, -0.05) is 29.8 Å². The van der Waals surface area contributed by atoms with E-state index in [2.05, 4.69) is 0 Å². The number of fused-ring (bicyclic) bond motifs is 1. The third-order valence-corrected chi connectivity index (χ3v) is 6.02. The molecule has 10 heteroatoms. The summed E-state index contributed by atoms with van der Waals surface area (Å²) in [5.41, 5.74) is 1.68. The Balaban J connectivity index is 1.47. The molecule has 9 nitrogen and oxygen atoms in total. The molecule has 0 saturated carbocycles. The molecule has 2 aromatic carbocycles. The smallest absolute Gasteiger partial charge is 0.410 e. The molecule has 4 atom stereocenters. The highest BCUT2D eigenvalue weighted by Crippen LogP contribution is 2.36. The van der Waals surface area contributed by atoms with Gasteiger partial charge in [-0.2, -0.15) is 0 Å². The molecule has 1 amide bonds. The Morgan fingerprint density at radius 2 is 1.71 bits per heavy atom. The average Bonchev–Trinajstić information content (AvgIpc) is 3.24. The van der Waals surface area contributed by atoms with Crippen LogP contribution in [0.25, 0.3) is 0 Å². The number of ether oxygens (including phenoxy) is 5. The quantitative estimate of drug-likeness (QED) is 0.450. The van der Waals surface area contributed by atoms with Crippen LogP contribution in [0.1, 0.15) is 24.2 Å². The number of halogens is 1. The lowest BCUT2D eigenvalue weighted by Gasteiger charge is -2.31. The molecule has 2 aliphatic rings. The number of hydrogen-bond donors (Lipinski definition) is 0. The lowest BCUT2D eigenvalue weighted by Crippen LogP contribution is -2.50. The van der Waals surface area contributed by atoms with Crippen molar-refractivity contribution in [2.75, 3.05) is 20.8 Å². The molecule has 2 aliphatic heterocycles. The van der Waals surface area contributed by atoms with E-state index < -0.39 is 36.3 Å². The Bertz CT molecular complexity index is 1110. The Kier molecular flexibility index (Phi) is 6.83. The number of nitrogens with zero attached hydrogens (tertiary/aromatic N) is 1. The van der Waals surface area contributed by atoms with Gasteiger partial charge in [-0.3, -0.25) is 0 Å². The van der Waals surface area contributed by atoms with Crippen molar-refractivity contribution >= 4 is 29.6 Å². The Hall–Kier alpha value is -3.46. The van der Waals surface area contributed by atoms with Crippen LogP contribution in [0.2, 0.25) is 5.02 Å². The molecule has 1 saturated heterocycles. The van der Waals surface area contributed by atoms with Crippen molar-refractivity contribution in [2.45, 2.75) is 37.7 Å². The summed E-state index contributed by atoms with van der Waals surface area (Å²) in [6, 6.07) is 12.2. The van der Waals surface area contributed by atoms with Crippen LogP contribution in [0, 0.1) is 0 Å². The zero-order chi connectivity index (χ0) is 24.4.